The van der Waals surface area contributed by atoms with Crippen LogP contribution in [0.25, 0.3) is 10.9 Å². The van der Waals surface area contributed by atoms with E-state index < -0.39 is 11.8 Å². The van der Waals surface area contributed by atoms with Crippen molar-refractivity contribution >= 4 is 16.8 Å². The molecule has 0 bridgehead atoms. The van der Waals surface area contributed by atoms with Crippen molar-refractivity contribution in [3.8, 4) is 0 Å². The molecular weight excluding hydrogens is 274 g/mol. The number of amides is 1. The Morgan fingerprint density at radius 2 is 1.86 bits per heavy atom. The lowest BCUT2D eigenvalue weighted by Gasteiger charge is -2.30. The zero-order valence-corrected chi connectivity index (χ0v) is 11.6. The quantitative estimate of drug-likeness (QED) is 0.850. The fraction of sp³-hybridized carbons (Fsp3) is 0.375. The van der Waals surface area contributed by atoms with E-state index in [-0.39, 0.29) is 5.56 Å². The van der Waals surface area contributed by atoms with Crippen LogP contribution in [0.2, 0.25) is 0 Å². The standard InChI is InChI=1S/C16H16F2N2O/c17-16(18,15(21)20-8-4-1-5-9-20)13-10-12-6-2-3-7-14(12)19-11-13/h2-3,6-7,10-11H,1,4-5,8-9H2. The normalized spacial score (nSPS) is 16.2. The Labute approximate surface area is 121 Å². The van der Waals surface area contributed by atoms with E-state index in [1.165, 1.54) is 11.0 Å². The molecule has 1 amide bonds. The number of carbonyl (C=O) groups is 1. The summed E-state index contributed by atoms with van der Waals surface area (Å²) in [6.07, 6.45) is 3.67. The van der Waals surface area contributed by atoms with Crippen molar-refractivity contribution in [2.24, 2.45) is 0 Å². The number of hydrogen-bond acceptors (Lipinski definition) is 2. The first-order chi connectivity index (χ1) is 10.1. The highest BCUT2D eigenvalue weighted by atomic mass is 19.3. The molecule has 0 radical (unpaired) electrons. The Morgan fingerprint density at radius 3 is 2.62 bits per heavy atom. The zero-order chi connectivity index (χ0) is 14.9. The van der Waals surface area contributed by atoms with E-state index in [9.17, 15) is 13.6 Å². The maximum Gasteiger partial charge on any atom is 0.351 e. The molecule has 1 aromatic carbocycles. The second kappa shape index (κ2) is 5.39. The summed E-state index contributed by atoms with van der Waals surface area (Å²) in [4.78, 5) is 17.4. The minimum Gasteiger partial charge on any atom is -0.337 e. The van der Waals surface area contributed by atoms with Crippen molar-refractivity contribution in [2.45, 2.75) is 25.2 Å². The molecule has 2 heterocycles. The molecule has 0 unspecified atom stereocenters. The van der Waals surface area contributed by atoms with Gasteiger partial charge in [0, 0.05) is 30.2 Å². The molecule has 3 nitrogen and oxygen atoms in total. The number of rotatable bonds is 2. The van der Waals surface area contributed by atoms with E-state index in [4.69, 9.17) is 0 Å². The first kappa shape index (κ1) is 13.9. The highest BCUT2D eigenvalue weighted by molar-refractivity contribution is 5.87. The van der Waals surface area contributed by atoms with Crippen molar-refractivity contribution in [1.82, 2.24) is 9.88 Å². The lowest BCUT2D eigenvalue weighted by Crippen LogP contribution is -2.44. The van der Waals surface area contributed by atoms with Gasteiger partial charge in [-0.25, -0.2) is 0 Å². The highest BCUT2D eigenvalue weighted by Crippen LogP contribution is 2.32. The molecular formula is C16H16F2N2O. The van der Waals surface area contributed by atoms with Crippen molar-refractivity contribution in [3.63, 3.8) is 0 Å². The molecule has 1 aliphatic heterocycles. The number of fused-ring (bicyclic) bond motifs is 1. The number of hydrogen-bond donors (Lipinski definition) is 0. The Balaban J connectivity index is 1.92. The minimum absolute atomic E-state index is 0.336. The zero-order valence-electron chi connectivity index (χ0n) is 11.6. The average molecular weight is 290 g/mol. The second-order valence-electron chi connectivity index (χ2n) is 5.34. The largest absolute Gasteiger partial charge is 0.351 e. The van der Waals surface area contributed by atoms with Gasteiger partial charge in [-0.2, -0.15) is 8.78 Å². The molecule has 0 saturated carbocycles. The number of carbonyl (C=O) groups excluding carboxylic acids is 1. The van der Waals surface area contributed by atoms with E-state index in [0.717, 1.165) is 25.5 Å². The van der Waals surface area contributed by atoms with Crippen LogP contribution in [0.3, 0.4) is 0 Å². The number of likely N-dealkylation sites (tertiary alicyclic amines) is 1. The molecule has 0 N–H and O–H groups in total. The lowest BCUT2D eigenvalue weighted by molar-refractivity contribution is -0.160. The van der Waals surface area contributed by atoms with Crippen LogP contribution in [0, 0.1) is 0 Å². The van der Waals surface area contributed by atoms with Crippen molar-refractivity contribution in [2.75, 3.05) is 13.1 Å². The molecule has 0 aliphatic carbocycles. The van der Waals surface area contributed by atoms with Crippen molar-refractivity contribution in [3.05, 3.63) is 42.1 Å². The van der Waals surface area contributed by atoms with Crippen LogP contribution in [-0.4, -0.2) is 28.9 Å². The third-order valence-corrected chi connectivity index (χ3v) is 3.86. The van der Waals surface area contributed by atoms with Crippen molar-refractivity contribution < 1.29 is 13.6 Å². The van der Waals surface area contributed by atoms with Gasteiger partial charge >= 0.3 is 5.92 Å². The molecule has 0 atom stereocenters. The molecule has 110 valence electrons. The first-order valence-corrected chi connectivity index (χ1v) is 7.11. The number of alkyl halides is 2. The van der Waals surface area contributed by atoms with Gasteiger partial charge in [0.05, 0.1) is 5.52 Å². The van der Waals surface area contributed by atoms with E-state index >= 15 is 0 Å². The van der Waals surface area contributed by atoms with E-state index in [0.29, 0.717) is 24.0 Å². The Bertz CT molecular complexity index is 666. The maximum absolute atomic E-state index is 14.4. The van der Waals surface area contributed by atoms with Crippen molar-refractivity contribution in [1.29, 1.82) is 0 Å². The smallest absolute Gasteiger partial charge is 0.337 e. The minimum atomic E-state index is -3.52. The molecule has 3 rings (SSSR count). The van der Waals surface area contributed by atoms with Gasteiger partial charge in [0.15, 0.2) is 0 Å². The number of pyridine rings is 1. The van der Waals surface area contributed by atoms with E-state index in [2.05, 4.69) is 4.98 Å². The molecule has 1 fully saturated rings. The third-order valence-electron chi connectivity index (χ3n) is 3.86. The van der Waals surface area contributed by atoms with Gasteiger partial charge in [0.2, 0.25) is 0 Å². The molecule has 2 aromatic rings. The number of piperidine rings is 1. The summed E-state index contributed by atoms with van der Waals surface area (Å²) in [5.41, 5.74) is 0.305. The van der Waals surface area contributed by atoms with Gasteiger partial charge < -0.3 is 4.90 Å². The maximum atomic E-state index is 14.4. The monoisotopic (exact) mass is 290 g/mol. The Morgan fingerprint density at radius 1 is 1.14 bits per heavy atom. The topological polar surface area (TPSA) is 33.2 Å². The molecule has 0 spiro atoms. The summed E-state index contributed by atoms with van der Waals surface area (Å²) in [5.74, 6) is -4.63. The summed E-state index contributed by atoms with van der Waals surface area (Å²) >= 11 is 0. The summed E-state index contributed by atoms with van der Waals surface area (Å²) in [5, 5.41) is 0.612. The average Bonchev–Trinajstić information content (AvgIpc) is 2.54. The lowest BCUT2D eigenvalue weighted by atomic mass is 10.0. The van der Waals surface area contributed by atoms with Gasteiger partial charge in [-0.1, -0.05) is 18.2 Å². The van der Waals surface area contributed by atoms with Gasteiger partial charge in [-0.05, 0) is 31.4 Å². The Kier molecular flexibility index (Phi) is 3.57. The highest BCUT2D eigenvalue weighted by Gasteiger charge is 2.44. The van der Waals surface area contributed by atoms with Gasteiger partial charge in [0.25, 0.3) is 5.91 Å². The van der Waals surface area contributed by atoms with Crippen LogP contribution >= 0.6 is 0 Å². The summed E-state index contributed by atoms with van der Waals surface area (Å²) in [6.45, 7) is 0.824. The molecule has 21 heavy (non-hydrogen) atoms. The number of para-hydroxylation sites is 1. The predicted octanol–water partition coefficient (Wildman–Crippen LogP) is 3.34. The predicted molar refractivity (Wildman–Crippen MR) is 76.1 cm³/mol. The fourth-order valence-electron chi connectivity index (χ4n) is 2.66. The van der Waals surface area contributed by atoms with Crippen LogP contribution in [0.4, 0.5) is 8.78 Å². The number of benzene rings is 1. The molecule has 1 aliphatic rings. The number of halogens is 2. The van der Waals surface area contributed by atoms with Gasteiger partial charge in [-0.15, -0.1) is 0 Å². The molecule has 1 saturated heterocycles. The van der Waals surface area contributed by atoms with Crippen LogP contribution in [0.15, 0.2) is 36.5 Å². The van der Waals surface area contributed by atoms with Crippen LogP contribution < -0.4 is 0 Å². The Hall–Kier alpha value is -2.04. The van der Waals surface area contributed by atoms with Gasteiger partial charge in [0.1, 0.15) is 0 Å². The first-order valence-electron chi connectivity index (χ1n) is 7.11. The van der Waals surface area contributed by atoms with Gasteiger partial charge in [-0.3, -0.25) is 9.78 Å². The fourth-order valence-corrected chi connectivity index (χ4v) is 2.66. The number of aromatic nitrogens is 1. The second-order valence-corrected chi connectivity index (χ2v) is 5.34. The third kappa shape index (κ3) is 2.60. The summed E-state index contributed by atoms with van der Waals surface area (Å²) in [6, 6.07) is 8.38. The number of nitrogens with zero attached hydrogens (tertiary/aromatic N) is 2. The molecule has 5 heteroatoms. The van der Waals surface area contributed by atoms with Crippen LogP contribution in [-0.2, 0) is 10.7 Å². The van der Waals surface area contributed by atoms with Crippen LogP contribution in [0.5, 0.6) is 0 Å². The summed E-state index contributed by atoms with van der Waals surface area (Å²) < 4.78 is 28.9. The summed E-state index contributed by atoms with van der Waals surface area (Å²) in [7, 11) is 0. The van der Waals surface area contributed by atoms with E-state index in [1.807, 2.05) is 0 Å². The van der Waals surface area contributed by atoms with Crippen LogP contribution in [0.1, 0.15) is 24.8 Å². The van der Waals surface area contributed by atoms with E-state index in [1.54, 1.807) is 24.3 Å². The molecule has 1 aromatic heterocycles. The SMILES string of the molecule is O=C(N1CCCCC1)C(F)(F)c1cnc2ccccc2c1.